The lowest BCUT2D eigenvalue weighted by molar-refractivity contribution is 0.0697. The normalized spacial score (nSPS) is 11.9. The predicted molar refractivity (Wildman–Crippen MR) is 81.4 cm³/mol. The lowest BCUT2D eigenvalue weighted by Gasteiger charge is -2.17. The molecule has 0 spiro atoms. The number of carbonyl (C=O) groups is 1. The fourth-order valence-electron chi connectivity index (χ4n) is 2.34. The van der Waals surface area contributed by atoms with Crippen LogP contribution in [0.4, 0.5) is 5.69 Å². The number of carboxylic acids is 1. The Morgan fingerprint density at radius 3 is 2.35 bits per heavy atom. The summed E-state index contributed by atoms with van der Waals surface area (Å²) in [6.45, 7) is 6.23. The summed E-state index contributed by atoms with van der Waals surface area (Å²) >= 11 is 0. The van der Waals surface area contributed by atoms with Crippen molar-refractivity contribution in [1.82, 2.24) is 0 Å². The van der Waals surface area contributed by atoms with Gasteiger partial charge in [0.1, 0.15) is 0 Å². The molecular weight excluding hydrogens is 250 g/mol. The number of aryl methyl sites for hydroxylation is 2. The average Bonchev–Trinajstić information content (AvgIpc) is 2.37. The molecule has 104 valence electrons. The van der Waals surface area contributed by atoms with Crippen molar-refractivity contribution >= 4 is 11.7 Å². The highest BCUT2D eigenvalue weighted by molar-refractivity contribution is 5.88. The Labute approximate surface area is 119 Å². The smallest absolute Gasteiger partial charge is 0.335 e. The molecule has 3 heteroatoms. The molecule has 0 saturated heterocycles. The molecule has 0 bridgehead atoms. The van der Waals surface area contributed by atoms with Crippen molar-refractivity contribution in [3.63, 3.8) is 0 Å². The van der Waals surface area contributed by atoms with Crippen LogP contribution < -0.4 is 5.32 Å². The minimum absolute atomic E-state index is 0.123. The van der Waals surface area contributed by atoms with Crippen molar-refractivity contribution < 1.29 is 9.90 Å². The van der Waals surface area contributed by atoms with Crippen LogP contribution in [-0.4, -0.2) is 11.1 Å². The number of rotatable bonds is 4. The lowest BCUT2D eigenvalue weighted by Crippen LogP contribution is -2.08. The van der Waals surface area contributed by atoms with Gasteiger partial charge in [-0.2, -0.15) is 0 Å². The number of hydrogen-bond donors (Lipinski definition) is 2. The number of hydrogen-bond acceptors (Lipinski definition) is 2. The van der Waals surface area contributed by atoms with Gasteiger partial charge >= 0.3 is 5.97 Å². The zero-order valence-corrected chi connectivity index (χ0v) is 12.0. The summed E-state index contributed by atoms with van der Waals surface area (Å²) in [5, 5.41) is 12.3. The predicted octanol–water partition coefficient (Wildman–Crippen LogP) is 4.17. The fraction of sp³-hybridized carbons (Fsp3) is 0.235. The molecule has 2 N–H and O–H groups in total. The van der Waals surface area contributed by atoms with E-state index in [1.54, 1.807) is 18.2 Å². The lowest BCUT2D eigenvalue weighted by atomic mass is 10.0. The summed E-state index contributed by atoms with van der Waals surface area (Å²) in [7, 11) is 0. The number of nitrogens with one attached hydrogen (secondary N) is 1. The summed E-state index contributed by atoms with van der Waals surface area (Å²) in [6, 6.07) is 13.4. The monoisotopic (exact) mass is 269 g/mol. The van der Waals surface area contributed by atoms with Gasteiger partial charge in [-0.3, -0.25) is 0 Å². The van der Waals surface area contributed by atoms with Crippen LogP contribution in [0.1, 0.15) is 40.0 Å². The largest absolute Gasteiger partial charge is 0.478 e. The van der Waals surface area contributed by atoms with Gasteiger partial charge < -0.3 is 10.4 Å². The first-order valence-corrected chi connectivity index (χ1v) is 6.64. The SMILES string of the molecule is Cc1cc(C)cc(C(C)Nc2cccc(C(=O)O)c2)c1. The molecule has 0 aliphatic heterocycles. The van der Waals surface area contributed by atoms with Crippen LogP contribution >= 0.6 is 0 Å². The Balaban J connectivity index is 2.20. The highest BCUT2D eigenvalue weighted by atomic mass is 16.4. The Morgan fingerprint density at radius 2 is 1.75 bits per heavy atom. The second-order valence-electron chi connectivity index (χ2n) is 5.17. The third kappa shape index (κ3) is 3.38. The number of aromatic carboxylic acids is 1. The Hall–Kier alpha value is -2.29. The second-order valence-corrected chi connectivity index (χ2v) is 5.17. The molecule has 0 aliphatic carbocycles. The highest BCUT2D eigenvalue weighted by Gasteiger charge is 2.08. The number of carboxylic acid groups (broad SMARTS) is 1. The Kier molecular flexibility index (Phi) is 4.08. The van der Waals surface area contributed by atoms with Crippen LogP contribution in [0.15, 0.2) is 42.5 Å². The van der Waals surface area contributed by atoms with E-state index in [0.717, 1.165) is 5.69 Å². The molecule has 0 aliphatic rings. The maximum absolute atomic E-state index is 11.0. The van der Waals surface area contributed by atoms with E-state index in [2.05, 4.69) is 44.3 Å². The molecule has 1 unspecified atom stereocenters. The van der Waals surface area contributed by atoms with Crippen molar-refractivity contribution in [3.05, 3.63) is 64.7 Å². The van der Waals surface area contributed by atoms with Gasteiger partial charge in [0.15, 0.2) is 0 Å². The minimum Gasteiger partial charge on any atom is -0.478 e. The molecule has 0 radical (unpaired) electrons. The summed E-state index contributed by atoms with van der Waals surface area (Å²) < 4.78 is 0. The second kappa shape index (κ2) is 5.78. The molecule has 0 saturated carbocycles. The molecular formula is C17H19NO2. The molecule has 0 fully saturated rings. The maximum atomic E-state index is 11.0. The van der Waals surface area contributed by atoms with Gasteiger partial charge in [-0.05, 0) is 44.5 Å². The molecule has 20 heavy (non-hydrogen) atoms. The fourth-order valence-corrected chi connectivity index (χ4v) is 2.34. The zero-order valence-electron chi connectivity index (χ0n) is 12.0. The standard InChI is InChI=1S/C17H19NO2/c1-11-7-12(2)9-15(8-11)13(3)18-16-6-4-5-14(10-16)17(19)20/h4-10,13,18H,1-3H3,(H,19,20). The van der Waals surface area contributed by atoms with E-state index >= 15 is 0 Å². The average molecular weight is 269 g/mol. The summed E-state index contributed by atoms with van der Waals surface area (Å²) in [5.74, 6) is -0.910. The molecule has 2 aromatic carbocycles. The number of benzene rings is 2. The van der Waals surface area contributed by atoms with Gasteiger partial charge in [0.2, 0.25) is 0 Å². The van der Waals surface area contributed by atoms with E-state index in [1.165, 1.54) is 16.7 Å². The van der Waals surface area contributed by atoms with E-state index < -0.39 is 5.97 Å². The van der Waals surface area contributed by atoms with E-state index in [-0.39, 0.29) is 6.04 Å². The van der Waals surface area contributed by atoms with Crippen molar-refractivity contribution in [2.45, 2.75) is 26.8 Å². The molecule has 1 atom stereocenters. The Bertz CT molecular complexity index is 614. The van der Waals surface area contributed by atoms with Crippen LogP contribution in [-0.2, 0) is 0 Å². The van der Waals surface area contributed by atoms with Crippen molar-refractivity contribution in [2.24, 2.45) is 0 Å². The summed E-state index contributed by atoms with van der Waals surface area (Å²) in [6.07, 6.45) is 0. The Morgan fingerprint density at radius 1 is 1.10 bits per heavy atom. The van der Waals surface area contributed by atoms with Gasteiger partial charge in [-0.25, -0.2) is 4.79 Å². The van der Waals surface area contributed by atoms with Crippen LogP contribution in [0.5, 0.6) is 0 Å². The van der Waals surface area contributed by atoms with Crippen LogP contribution in [0.3, 0.4) is 0 Å². The third-order valence-corrected chi connectivity index (χ3v) is 3.24. The van der Waals surface area contributed by atoms with Crippen LogP contribution in [0.2, 0.25) is 0 Å². The highest BCUT2D eigenvalue weighted by Crippen LogP contribution is 2.22. The van der Waals surface area contributed by atoms with Crippen molar-refractivity contribution in [3.8, 4) is 0 Å². The first-order chi connectivity index (χ1) is 9.45. The quantitative estimate of drug-likeness (QED) is 0.875. The van der Waals surface area contributed by atoms with E-state index in [9.17, 15) is 4.79 Å². The maximum Gasteiger partial charge on any atom is 0.335 e. The van der Waals surface area contributed by atoms with Crippen molar-refractivity contribution in [2.75, 3.05) is 5.32 Å². The van der Waals surface area contributed by atoms with Crippen LogP contribution in [0.25, 0.3) is 0 Å². The summed E-state index contributed by atoms with van der Waals surface area (Å²) in [4.78, 5) is 11.0. The van der Waals surface area contributed by atoms with Crippen molar-refractivity contribution in [1.29, 1.82) is 0 Å². The number of anilines is 1. The van der Waals surface area contributed by atoms with E-state index in [0.29, 0.717) is 5.56 Å². The van der Waals surface area contributed by atoms with E-state index in [4.69, 9.17) is 5.11 Å². The van der Waals surface area contributed by atoms with Gasteiger partial charge in [0, 0.05) is 11.7 Å². The van der Waals surface area contributed by atoms with Gasteiger partial charge in [0.25, 0.3) is 0 Å². The molecule has 3 nitrogen and oxygen atoms in total. The van der Waals surface area contributed by atoms with Crippen LogP contribution in [0, 0.1) is 13.8 Å². The summed E-state index contributed by atoms with van der Waals surface area (Å²) in [5.41, 5.74) is 4.77. The van der Waals surface area contributed by atoms with Gasteiger partial charge in [-0.1, -0.05) is 35.4 Å². The third-order valence-electron chi connectivity index (χ3n) is 3.24. The minimum atomic E-state index is -0.910. The zero-order chi connectivity index (χ0) is 14.7. The molecule has 2 rings (SSSR count). The topological polar surface area (TPSA) is 49.3 Å². The van der Waals surface area contributed by atoms with Gasteiger partial charge in [0.05, 0.1) is 5.56 Å². The molecule has 0 aromatic heterocycles. The van der Waals surface area contributed by atoms with Gasteiger partial charge in [-0.15, -0.1) is 0 Å². The first kappa shape index (κ1) is 14.1. The molecule has 2 aromatic rings. The van der Waals surface area contributed by atoms with E-state index in [1.807, 2.05) is 6.07 Å². The molecule has 0 amide bonds. The first-order valence-electron chi connectivity index (χ1n) is 6.64. The molecule has 0 heterocycles.